The van der Waals surface area contributed by atoms with Gasteiger partial charge in [0.05, 0.1) is 4.88 Å². The van der Waals surface area contributed by atoms with Gasteiger partial charge in [0.2, 0.25) is 5.88 Å². The molecule has 76 valence electrons. The number of carboxylic acids is 1. The molecule has 2 rings (SSSR count). The summed E-state index contributed by atoms with van der Waals surface area (Å²) >= 11 is 1.42. The van der Waals surface area contributed by atoms with E-state index in [4.69, 9.17) is 5.11 Å². The number of aromatic carboxylic acids is 1. The Bertz CT molecular complexity index is 496. The summed E-state index contributed by atoms with van der Waals surface area (Å²) in [4.78, 5) is 18.9. The molecule has 0 saturated heterocycles. The quantitative estimate of drug-likeness (QED) is 0.806. The fourth-order valence-electron chi connectivity index (χ4n) is 1.05. The monoisotopic (exact) mass is 222 g/mol. The normalized spacial score (nSPS) is 10.1. The van der Waals surface area contributed by atoms with Crippen LogP contribution >= 0.6 is 11.3 Å². The average Bonchev–Trinajstić information content (AvgIpc) is 2.69. The SMILES string of the molecule is O=C(O)c1cnc(-c2cccs2)nc1O. The standard InChI is InChI=1S/C9H6N2O3S/c12-8-5(9(13)14)4-10-7(11-8)6-2-1-3-15-6/h1-4H,(H,13,14)(H,10,11,12). The first-order valence-electron chi connectivity index (χ1n) is 4.01. The zero-order valence-corrected chi connectivity index (χ0v) is 8.23. The topological polar surface area (TPSA) is 83.3 Å². The molecule has 0 amide bonds. The fraction of sp³-hybridized carbons (Fsp3) is 0. The van der Waals surface area contributed by atoms with Crippen LogP contribution in [0.4, 0.5) is 0 Å². The van der Waals surface area contributed by atoms with E-state index in [0.29, 0.717) is 5.82 Å². The van der Waals surface area contributed by atoms with Crippen LogP contribution in [0.1, 0.15) is 10.4 Å². The van der Waals surface area contributed by atoms with Gasteiger partial charge in [-0.15, -0.1) is 11.3 Å². The Morgan fingerprint density at radius 3 is 2.80 bits per heavy atom. The van der Waals surface area contributed by atoms with Crippen molar-refractivity contribution in [3.05, 3.63) is 29.3 Å². The Labute approximate surface area is 88.7 Å². The van der Waals surface area contributed by atoms with Crippen molar-refractivity contribution in [2.45, 2.75) is 0 Å². The van der Waals surface area contributed by atoms with Crippen LogP contribution < -0.4 is 0 Å². The second kappa shape index (κ2) is 3.66. The first-order valence-corrected chi connectivity index (χ1v) is 4.89. The predicted molar refractivity (Wildman–Crippen MR) is 54.0 cm³/mol. The third-order valence-electron chi connectivity index (χ3n) is 1.74. The molecule has 0 spiro atoms. The first-order chi connectivity index (χ1) is 7.18. The number of carbonyl (C=O) groups is 1. The molecule has 0 aliphatic rings. The summed E-state index contributed by atoms with van der Waals surface area (Å²) in [5, 5.41) is 19.8. The molecule has 0 radical (unpaired) electrons. The summed E-state index contributed by atoms with van der Waals surface area (Å²) in [6, 6.07) is 3.62. The summed E-state index contributed by atoms with van der Waals surface area (Å²) in [6.07, 6.45) is 1.10. The summed E-state index contributed by atoms with van der Waals surface area (Å²) < 4.78 is 0. The van der Waals surface area contributed by atoms with Gasteiger partial charge in [0.15, 0.2) is 5.82 Å². The Morgan fingerprint density at radius 1 is 1.47 bits per heavy atom. The van der Waals surface area contributed by atoms with Crippen molar-refractivity contribution in [1.82, 2.24) is 9.97 Å². The van der Waals surface area contributed by atoms with Crippen LogP contribution in [0.15, 0.2) is 23.7 Å². The largest absolute Gasteiger partial charge is 0.493 e. The van der Waals surface area contributed by atoms with Gasteiger partial charge >= 0.3 is 5.97 Å². The van der Waals surface area contributed by atoms with E-state index in [9.17, 15) is 9.90 Å². The summed E-state index contributed by atoms with van der Waals surface area (Å²) in [7, 11) is 0. The molecule has 6 heteroatoms. The Hall–Kier alpha value is -1.95. The van der Waals surface area contributed by atoms with Crippen LogP contribution in [0, 0.1) is 0 Å². The molecule has 2 heterocycles. The van der Waals surface area contributed by atoms with E-state index >= 15 is 0 Å². The highest BCUT2D eigenvalue weighted by atomic mass is 32.1. The maximum Gasteiger partial charge on any atom is 0.342 e. The maximum atomic E-state index is 10.6. The van der Waals surface area contributed by atoms with E-state index in [1.54, 1.807) is 6.07 Å². The third-order valence-corrected chi connectivity index (χ3v) is 2.61. The molecule has 5 nitrogen and oxygen atoms in total. The minimum absolute atomic E-state index is 0.296. The Kier molecular flexibility index (Phi) is 2.34. The van der Waals surface area contributed by atoms with E-state index in [1.807, 2.05) is 11.4 Å². The number of hydrogen-bond acceptors (Lipinski definition) is 5. The van der Waals surface area contributed by atoms with E-state index in [2.05, 4.69) is 9.97 Å². The highest BCUT2D eigenvalue weighted by Gasteiger charge is 2.13. The summed E-state index contributed by atoms with van der Waals surface area (Å²) in [5.74, 6) is -1.43. The number of carboxylic acid groups (broad SMARTS) is 1. The zero-order chi connectivity index (χ0) is 10.8. The molecule has 0 aliphatic carbocycles. The molecule has 0 unspecified atom stereocenters. The van der Waals surface area contributed by atoms with Gasteiger partial charge in [-0.25, -0.2) is 9.78 Å². The number of thiophene rings is 1. The van der Waals surface area contributed by atoms with Crippen LogP contribution in [0.3, 0.4) is 0 Å². The van der Waals surface area contributed by atoms with Crippen LogP contribution in [0.5, 0.6) is 5.88 Å². The summed E-state index contributed by atoms with van der Waals surface area (Å²) in [5.41, 5.74) is -0.296. The van der Waals surface area contributed by atoms with Crippen molar-refractivity contribution in [2.75, 3.05) is 0 Å². The van der Waals surface area contributed by atoms with Gasteiger partial charge < -0.3 is 10.2 Å². The van der Waals surface area contributed by atoms with Gasteiger partial charge in [-0.1, -0.05) is 6.07 Å². The zero-order valence-electron chi connectivity index (χ0n) is 7.41. The molecule has 0 saturated carbocycles. The number of hydrogen-bond donors (Lipinski definition) is 2. The average molecular weight is 222 g/mol. The molecule has 2 aromatic rings. The lowest BCUT2D eigenvalue weighted by Crippen LogP contribution is -2.00. The summed E-state index contributed by atoms with van der Waals surface area (Å²) in [6.45, 7) is 0. The second-order valence-electron chi connectivity index (χ2n) is 2.71. The minimum Gasteiger partial charge on any atom is -0.493 e. The lowest BCUT2D eigenvalue weighted by atomic mass is 10.3. The van der Waals surface area contributed by atoms with Crippen molar-refractivity contribution < 1.29 is 15.0 Å². The van der Waals surface area contributed by atoms with Gasteiger partial charge in [-0.2, -0.15) is 4.98 Å². The van der Waals surface area contributed by atoms with Crippen LogP contribution in [0.25, 0.3) is 10.7 Å². The smallest absolute Gasteiger partial charge is 0.342 e. The van der Waals surface area contributed by atoms with Crippen molar-refractivity contribution in [3.63, 3.8) is 0 Å². The molecule has 0 bridgehead atoms. The van der Waals surface area contributed by atoms with Crippen LogP contribution in [0.2, 0.25) is 0 Å². The van der Waals surface area contributed by atoms with Crippen molar-refractivity contribution in [3.8, 4) is 16.6 Å². The van der Waals surface area contributed by atoms with Crippen LogP contribution in [-0.2, 0) is 0 Å². The molecule has 15 heavy (non-hydrogen) atoms. The highest BCUT2D eigenvalue weighted by molar-refractivity contribution is 7.13. The maximum absolute atomic E-state index is 10.6. The van der Waals surface area contributed by atoms with Crippen molar-refractivity contribution in [1.29, 1.82) is 0 Å². The lowest BCUT2D eigenvalue weighted by molar-refractivity contribution is 0.0692. The van der Waals surface area contributed by atoms with E-state index in [-0.39, 0.29) is 5.56 Å². The molecule has 2 aromatic heterocycles. The molecule has 2 N–H and O–H groups in total. The van der Waals surface area contributed by atoms with E-state index < -0.39 is 11.8 Å². The Balaban J connectivity index is 2.47. The number of aromatic hydroxyl groups is 1. The van der Waals surface area contributed by atoms with Gasteiger partial charge in [-0.3, -0.25) is 0 Å². The van der Waals surface area contributed by atoms with E-state index in [0.717, 1.165) is 11.1 Å². The predicted octanol–water partition coefficient (Wildman–Crippen LogP) is 1.61. The molecule has 0 aliphatic heterocycles. The molecular weight excluding hydrogens is 216 g/mol. The molecular formula is C9H6N2O3S. The first kappa shape index (κ1) is 9.60. The van der Waals surface area contributed by atoms with Gasteiger partial charge in [0.1, 0.15) is 5.56 Å². The van der Waals surface area contributed by atoms with Crippen molar-refractivity contribution in [2.24, 2.45) is 0 Å². The van der Waals surface area contributed by atoms with Gasteiger partial charge in [0.25, 0.3) is 0 Å². The number of rotatable bonds is 2. The van der Waals surface area contributed by atoms with E-state index in [1.165, 1.54) is 11.3 Å². The molecule has 0 atom stereocenters. The van der Waals surface area contributed by atoms with Crippen molar-refractivity contribution >= 4 is 17.3 Å². The molecule has 0 aromatic carbocycles. The Morgan fingerprint density at radius 2 is 2.27 bits per heavy atom. The second-order valence-corrected chi connectivity index (χ2v) is 3.66. The number of aromatic nitrogens is 2. The molecule has 0 fully saturated rings. The highest BCUT2D eigenvalue weighted by Crippen LogP contribution is 2.23. The lowest BCUT2D eigenvalue weighted by Gasteiger charge is -1.99. The fourth-order valence-corrected chi connectivity index (χ4v) is 1.71. The minimum atomic E-state index is -1.25. The third kappa shape index (κ3) is 1.79. The number of nitrogens with zero attached hydrogens (tertiary/aromatic N) is 2. The van der Waals surface area contributed by atoms with Gasteiger partial charge in [0, 0.05) is 6.20 Å². The van der Waals surface area contributed by atoms with Gasteiger partial charge in [-0.05, 0) is 11.4 Å². The van der Waals surface area contributed by atoms with Crippen LogP contribution in [-0.4, -0.2) is 26.2 Å².